The zero-order valence-corrected chi connectivity index (χ0v) is 9.57. The summed E-state index contributed by atoms with van der Waals surface area (Å²) in [6.07, 6.45) is 4.64. The largest absolute Gasteiger partial charge is 0.358 e. The molecule has 1 fully saturated rings. The first kappa shape index (κ1) is 11.3. The second-order valence-electron chi connectivity index (χ2n) is 3.94. The molecule has 1 saturated carbocycles. The van der Waals surface area contributed by atoms with Crippen LogP contribution in [0.15, 0.2) is 6.20 Å². The highest BCUT2D eigenvalue weighted by Gasteiger charge is 2.27. The van der Waals surface area contributed by atoms with Crippen LogP contribution in [0.2, 0.25) is 0 Å². The Balaban J connectivity index is 2.00. The third-order valence-corrected chi connectivity index (χ3v) is 3.82. The Hall–Kier alpha value is -1.21. The maximum absolute atomic E-state index is 10.5. The van der Waals surface area contributed by atoms with Gasteiger partial charge in [-0.05, 0) is 36.6 Å². The first-order valence-corrected chi connectivity index (χ1v) is 6.09. The molecule has 88 valence electrons. The van der Waals surface area contributed by atoms with Crippen LogP contribution in [0.25, 0.3) is 0 Å². The van der Waals surface area contributed by atoms with Gasteiger partial charge in [0.25, 0.3) is 0 Å². The second-order valence-corrected chi connectivity index (χ2v) is 4.95. The molecular weight excluding hydrogens is 228 g/mol. The lowest BCUT2D eigenvalue weighted by Gasteiger charge is -2.18. The van der Waals surface area contributed by atoms with Crippen molar-refractivity contribution in [2.24, 2.45) is 11.7 Å². The molecule has 0 bridgehead atoms. The predicted octanol–water partition coefficient (Wildman–Crippen LogP) is 1.59. The number of hydrogen-bond acceptors (Lipinski definition) is 6. The highest BCUT2D eigenvalue weighted by atomic mass is 32.1. The van der Waals surface area contributed by atoms with E-state index < -0.39 is 4.92 Å². The summed E-state index contributed by atoms with van der Waals surface area (Å²) in [5.41, 5.74) is 5.67. The number of hydrogen-bond donors (Lipinski definition) is 2. The van der Waals surface area contributed by atoms with Crippen LogP contribution < -0.4 is 11.1 Å². The highest BCUT2D eigenvalue weighted by Crippen LogP contribution is 2.31. The van der Waals surface area contributed by atoms with E-state index in [1.165, 1.54) is 6.20 Å². The Morgan fingerprint density at radius 1 is 1.69 bits per heavy atom. The summed E-state index contributed by atoms with van der Waals surface area (Å²) in [7, 11) is 0. The lowest BCUT2D eigenvalue weighted by Crippen LogP contribution is -2.29. The molecule has 0 amide bonds. The molecule has 1 aromatic heterocycles. The summed E-state index contributed by atoms with van der Waals surface area (Å²) in [6.45, 7) is 0.658. The van der Waals surface area contributed by atoms with Crippen LogP contribution >= 0.6 is 11.3 Å². The molecule has 6 nitrogen and oxygen atoms in total. The summed E-state index contributed by atoms with van der Waals surface area (Å²) in [6, 6.07) is 0.316. The van der Waals surface area contributed by atoms with Crippen molar-refractivity contribution in [2.75, 3.05) is 11.9 Å². The molecule has 2 rings (SSSR count). The summed E-state index contributed by atoms with van der Waals surface area (Å²) >= 11 is 1.08. The van der Waals surface area contributed by atoms with Crippen molar-refractivity contribution in [3.63, 3.8) is 0 Å². The van der Waals surface area contributed by atoms with E-state index in [0.717, 1.165) is 30.6 Å². The van der Waals surface area contributed by atoms with E-state index in [0.29, 0.717) is 23.6 Å². The molecule has 0 aromatic carbocycles. The van der Waals surface area contributed by atoms with Gasteiger partial charge in [0.05, 0.1) is 4.92 Å². The maximum Gasteiger partial charge on any atom is 0.345 e. The number of anilines is 1. The minimum absolute atomic E-state index is 0.0739. The zero-order valence-electron chi connectivity index (χ0n) is 8.76. The topological polar surface area (TPSA) is 94.1 Å². The molecule has 0 spiro atoms. The van der Waals surface area contributed by atoms with Gasteiger partial charge in [-0.2, -0.15) is 0 Å². The molecule has 1 heterocycles. The first-order valence-electron chi connectivity index (χ1n) is 5.27. The Morgan fingerprint density at radius 2 is 2.50 bits per heavy atom. The molecule has 1 aliphatic carbocycles. The second kappa shape index (κ2) is 4.75. The van der Waals surface area contributed by atoms with Crippen LogP contribution in [0.1, 0.15) is 19.3 Å². The number of nitrogens with one attached hydrogen (secondary N) is 1. The maximum atomic E-state index is 10.5. The molecule has 2 atom stereocenters. The van der Waals surface area contributed by atoms with Crippen molar-refractivity contribution in [3.05, 3.63) is 16.3 Å². The van der Waals surface area contributed by atoms with E-state index in [-0.39, 0.29) is 5.00 Å². The van der Waals surface area contributed by atoms with E-state index in [4.69, 9.17) is 5.73 Å². The van der Waals surface area contributed by atoms with E-state index >= 15 is 0 Å². The van der Waals surface area contributed by atoms with Crippen molar-refractivity contribution in [3.8, 4) is 0 Å². The van der Waals surface area contributed by atoms with Gasteiger partial charge >= 0.3 is 5.00 Å². The quantitative estimate of drug-likeness (QED) is 0.617. The van der Waals surface area contributed by atoms with Gasteiger partial charge < -0.3 is 11.1 Å². The van der Waals surface area contributed by atoms with Crippen molar-refractivity contribution in [2.45, 2.75) is 25.3 Å². The van der Waals surface area contributed by atoms with E-state index in [9.17, 15) is 10.1 Å². The minimum Gasteiger partial charge on any atom is -0.358 e. The third kappa shape index (κ3) is 2.30. The number of nitrogens with two attached hydrogens (primary N) is 1. The van der Waals surface area contributed by atoms with Gasteiger partial charge in [0.2, 0.25) is 0 Å². The average Bonchev–Trinajstić information content (AvgIpc) is 2.87. The number of nitrogens with zero attached hydrogens (tertiary/aromatic N) is 2. The summed E-state index contributed by atoms with van der Waals surface area (Å²) in [4.78, 5) is 14.1. The van der Waals surface area contributed by atoms with Gasteiger partial charge in [-0.1, -0.05) is 6.42 Å². The molecule has 7 heteroatoms. The Bertz CT molecular complexity index is 381. The van der Waals surface area contributed by atoms with Crippen LogP contribution in [0.3, 0.4) is 0 Å². The zero-order chi connectivity index (χ0) is 11.5. The van der Waals surface area contributed by atoms with Crippen molar-refractivity contribution in [1.82, 2.24) is 4.98 Å². The number of aromatic nitrogens is 1. The molecule has 0 saturated heterocycles. The third-order valence-electron chi connectivity index (χ3n) is 2.94. The molecule has 1 aromatic rings. The summed E-state index contributed by atoms with van der Waals surface area (Å²) in [5.74, 6) is 0.461. The number of rotatable bonds is 4. The number of nitro groups is 1. The highest BCUT2D eigenvalue weighted by molar-refractivity contribution is 7.18. The number of thiazole rings is 1. The molecular formula is C9H14N4O2S. The summed E-state index contributed by atoms with van der Waals surface area (Å²) < 4.78 is 0. The Labute approximate surface area is 97.0 Å². The van der Waals surface area contributed by atoms with E-state index in [1.807, 2.05) is 0 Å². The fraction of sp³-hybridized carbons (Fsp3) is 0.667. The van der Waals surface area contributed by atoms with Crippen molar-refractivity contribution in [1.29, 1.82) is 0 Å². The van der Waals surface area contributed by atoms with Crippen LogP contribution in [0, 0.1) is 16.0 Å². The van der Waals surface area contributed by atoms with Crippen LogP contribution in [-0.2, 0) is 0 Å². The van der Waals surface area contributed by atoms with Crippen LogP contribution in [0.4, 0.5) is 10.1 Å². The summed E-state index contributed by atoms with van der Waals surface area (Å²) in [5, 5.41) is 14.4. The van der Waals surface area contributed by atoms with Gasteiger partial charge in [-0.3, -0.25) is 10.1 Å². The van der Waals surface area contributed by atoms with Crippen molar-refractivity contribution >= 4 is 21.5 Å². The molecule has 2 unspecified atom stereocenters. The lowest BCUT2D eigenvalue weighted by atomic mass is 10.0. The average molecular weight is 242 g/mol. The molecule has 0 aliphatic heterocycles. The molecule has 16 heavy (non-hydrogen) atoms. The van der Waals surface area contributed by atoms with Gasteiger partial charge in [-0.25, -0.2) is 4.98 Å². The van der Waals surface area contributed by atoms with Crippen molar-refractivity contribution < 1.29 is 4.92 Å². The molecule has 0 radical (unpaired) electrons. The van der Waals surface area contributed by atoms with Crippen LogP contribution in [-0.4, -0.2) is 22.5 Å². The van der Waals surface area contributed by atoms with E-state index in [1.54, 1.807) is 0 Å². The SMILES string of the molecule is NCC1CCCC1Nc1ncc([N+](=O)[O-])s1. The first-order chi connectivity index (χ1) is 7.70. The fourth-order valence-corrected chi connectivity index (χ4v) is 2.78. The Morgan fingerprint density at radius 3 is 3.12 bits per heavy atom. The van der Waals surface area contributed by atoms with Gasteiger partial charge in [0.15, 0.2) is 5.13 Å². The van der Waals surface area contributed by atoms with Gasteiger partial charge in [0, 0.05) is 6.04 Å². The van der Waals surface area contributed by atoms with Gasteiger partial charge in [-0.15, -0.1) is 0 Å². The van der Waals surface area contributed by atoms with Gasteiger partial charge in [0.1, 0.15) is 6.20 Å². The fourth-order valence-electron chi connectivity index (χ4n) is 2.08. The smallest absolute Gasteiger partial charge is 0.345 e. The van der Waals surface area contributed by atoms with E-state index in [2.05, 4.69) is 10.3 Å². The lowest BCUT2D eigenvalue weighted by molar-refractivity contribution is -0.380. The standard InChI is InChI=1S/C9H14N4O2S/c10-4-6-2-1-3-7(6)12-9-11-5-8(16-9)13(14)15/h5-7H,1-4,10H2,(H,11,12). The van der Waals surface area contributed by atoms with Crippen LogP contribution in [0.5, 0.6) is 0 Å². The minimum atomic E-state index is -0.419. The predicted molar refractivity (Wildman–Crippen MR) is 62.6 cm³/mol. The normalized spacial score (nSPS) is 24.6. The molecule has 3 N–H and O–H groups in total. The monoisotopic (exact) mass is 242 g/mol. The molecule has 1 aliphatic rings. The Kier molecular flexibility index (Phi) is 3.35.